The minimum absolute atomic E-state index is 0. The summed E-state index contributed by atoms with van der Waals surface area (Å²) in [6, 6.07) is 18.3. The highest BCUT2D eigenvalue weighted by atomic mass is 127. The van der Waals surface area contributed by atoms with Crippen LogP contribution in [0.25, 0.3) is 0 Å². The van der Waals surface area contributed by atoms with Crippen molar-refractivity contribution in [1.82, 2.24) is 4.90 Å². The quantitative estimate of drug-likeness (QED) is 0.382. The Balaban J connectivity index is 0.00000280. The van der Waals surface area contributed by atoms with E-state index in [1.54, 1.807) is 0 Å². The molecule has 0 aromatic heterocycles. The standard InChI is InChI=1S/C21H27N5O.HI/c1-2-17-7-6-8-18(15-17)24-21(22)23-16-20(27)26-13-11-25(12-14-26)19-9-4-3-5-10-19;/h3-10,15H,2,11-14,16H2,1H3,(H3,22,23,24);1H. The fourth-order valence-electron chi connectivity index (χ4n) is 3.16. The molecule has 0 radical (unpaired) electrons. The lowest BCUT2D eigenvalue weighted by Gasteiger charge is -2.35. The summed E-state index contributed by atoms with van der Waals surface area (Å²) in [7, 11) is 0. The smallest absolute Gasteiger partial charge is 0.244 e. The van der Waals surface area contributed by atoms with Crippen LogP contribution in [0.15, 0.2) is 59.6 Å². The Hall–Kier alpha value is -2.29. The number of hydrogen-bond donors (Lipinski definition) is 2. The van der Waals surface area contributed by atoms with Gasteiger partial charge in [0.1, 0.15) is 6.54 Å². The molecule has 1 aliphatic rings. The summed E-state index contributed by atoms with van der Waals surface area (Å²) in [6.07, 6.45) is 0.958. The van der Waals surface area contributed by atoms with Crippen LogP contribution >= 0.6 is 24.0 Å². The first-order valence-electron chi connectivity index (χ1n) is 9.39. The Bertz CT molecular complexity index is 788. The monoisotopic (exact) mass is 493 g/mol. The van der Waals surface area contributed by atoms with Crippen LogP contribution in [0.3, 0.4) is 0 Å². The lowest BCUT2D eigenvalue weighted by atomic mass is 10.1. The molecule has 0 spiro atoms. The first-order valence-corrected chi connectivity index (χ1v) is 9.39. The van der Waals surface area contributed by atoms with E-state index in [1.165, 1.54) is 11.3 Å². The Labute approximate surface area is 183 Å². The first-order chi connectivity index (χ1) is 13.2. The summed E-state index contributed by atoms with van der Waals surface area (Å²) < 4.78 is 0. The van der Waals surface area contributed by atoms with E-state index in [1.807, 2.05) is 41.3 Å². The summed E-state index contributed by atoms with van der Waals surface area (Å²) in [5.41, 5.74) is 9.24. The van der Waals surface area contributed by atoms with Crippen molar-refractivity contribution >= 4 is 47.2 Å². The van der Waals surface area contributed by atoms with E-state index in [9.17, 15) is 4.79 Å². The molecule has 3 N–H and O–H groups in total. The van der Waals surface area contributed by atoms with Crippen LogP contribution in [0, 0.1) is 0 Å². The molecule has 0 bridgehead atoms. The number of nitrogens with zero attached hydrogens (tertiary/aromatic N) is 3. The number of benzene rings is 2. The van der Waals surface area contributed by atoms with Crippen LogP contribution in [0.4, 0.5) is 11.4 Å². The van der Waals surface area contributed by atoms with Crippen LogP contribution < -0.4 is 16.0 Å². The molecule has 1 aliphatic heterocycles. The molecular weight excluding hydrogens is 465 g/mol. The molecule has 0 unspecified atom stereocenters. The van der Waals surface area contributed by atoms with E-state index in [4.69, 9.17) is 5.73 Å². The normalized spacial score (nSPS) is 14.4. The molecule has 150 valence electrons. The molecule has 0 atom stereocenters. The molecule has 28 heavy (non-hydrogen) atoms. The average molecular weight is 493 g/mol. The van der Waals surface area contributed by atoms with Gasteiger partial charge in [-0.25, -0.2) is 4.99 Å². The molecule has 2 aromatic carbocycles. The number of rotatable bonds is 5. The van der Waals surface area contributed by atoms with Gasteiger partial charge in [0, 0.05) is 37.6 Å². The van der Waals surface area contributed by atoms with E-state index in [2.05, 4.69) is 40.3 Å². The number of carbonyl (C=O) groups is 1. The molecule has 0 saturated carbocycles. The van der Waals surface area contributed by atoms with Crippen molar-refractivity contribution in [3.8, 4) is 0 Å². The minimum Gasteiger partial charge on any atom is -0.370 e. The molecule has 2 aromatic rings. The molecule has 0 aliphatic carbocycles. The Morgan fingerprint density at radius 1 is 1.07 bits per heavy atom. The maximum Gasteiger partial charge on any atom is 0.244 e. The van der Waals surface area contributed by atoms with Gasteiger partial charge in [-0.3, -0.25) is 4.79 Å². The van der Waals surface area contributed by atoms with Gasteiger partial charge in [-0.05, 0) is 36.2 Å². The number of piperazine rings is 1. The Morgan fingerprint density at radius 2 is 1.79 bits per heavy atom. The number of aliphatic imine (C=N–C) groups is 1. The number of halogens is 1. The summed E-state index contributed by atoms with van der Waals surface area (Å²) in [5.74, 6) is 0.272. The number of aryl methyl sites for hydroxylation is 1. The zero-order valence-electron chi connectivity index (χ0n) is 16.2. The van der Waals surface area contributed by atoms with Crippen molar-refractivity contribution < 1.29 is 4.79 Å². The molecule has 1 amide bonds. The molecular formula is C21H28IN5O. The lowest BCUT2D eigenvalue weighted by Crippen LogP contribution is -2.49. The third-order valence-corrected chi connectivity index (χ3v) is 4.75. The fourth-order valence-corrected chi connectivity index (χ4v) is 3.16. The van der Waals surface area contributed by atoms with Gasteiger partial charge in [0.15, 0.2) is 5.96 Å². The maximum atomic E-state index is 12.4. The van der Waals surface area contributed by atoms with Gasteiger partial charge in [-0.1, -0.05) is 37.3 Å². The van der Waals surface area contributed by atoms with Crippen LogP contribution in [0.1, 0.15) is 12.5 Å². The predicted molar refractivity (Wildman–Crippen MR) is 127 cm³/mol. The number of anilines is 2. The second kappa shape index (κ2) is 10.9. The van der Waals surface area contributed by atoms with Gasteiger partial charge >= 0.3 is 0 Å². The third kappa shape index (κ3) is 6.12. The lowest BCUT2D eigenvalue weighted by molar-refractivity contribution is -0.129. The summed E-state index contributed by atoms with van der Waals surface area (Å²) in [4.78, 5) is 20.8. The van der Waals surface area contributed by atoms with Crippen LogP contribution in [0.2, 0.25) is 0 Å². The van der Waals surface area contributed by atoms with Gasteiger partial charge in [-0.2, -0.15) is 0 Å². The average Bonchev–Trinajstić information content (AvgIpc) is 2.73. The van der Waals surface area contributed by atoms with Crippen molar-refractivity contribution in [3.63, 3.8) is 0 Å². The van der Waals surface area contributed by atoms with Crippen molar-refractivity contribution in [3.05, 3.63) is 60.2 Å². The van der Waals surface area contributed by atoms with Crippen molar-refractivity contribution in [1.29, 1.82) is 0 Å². The van der Waals surface area contributed by atoms with Crippen LogP contribution in [-0.4, -0.2) is 49.5 Å². The first kappa shape index (κ1) is 22.0. The Morgan fingerprint density at radius 3 is 2.46 bits per heavy atom. The number of guanidine groups is 1. The van der Waals surface area contributed by atoms with E-state index in [0.717, 1.165) is 25.2 Å². The summed E-state index contributed by atoms with van der Waals surface area (Å²) in [5, 5.41) is 3.05. The number of hydrogen-bond acceptors (Lipinski definition) is 3. The number of amides is 1. The van der Waals surface area contributed by atoms with Crippen LogP contribution in [0.5, 0.6) is 0 Å². The molecule has 3 rings (SSSR count). The zero-order valence-corrected chi connectivity index (χ0v) is 18.5. The van der Waals surface area contributed by atoms with Crippen molar-refractivity contribution in [2.24, 2.45) is 10.7 Å². The molecule has 1 saturated heterocycles. The summed E-state index contributed by atoms with van der Waals surface area (Å²) in [6.45, 7) is 5.24. The zero-order chi connectivity index (χ0) is 19.1. The highest BCUT2D eigenvalue weighted by molar-refractivity contribution is 14.0. The van der Waals surface area contributed by atoms with Crippen molar-refractivity contribution in [2.75, 3.05) is 42.9 Å². The molecule has 7 heteroatoms. The van der Waals surface area contributed by atoms with Gasteiger partial charge in [0.25, 0.3) is 0 Å². The summed E-state index contributed by atoms with van der Waals surface area (Å²) >= 11 is 0. The third-order valence-electron chi connectivity index (χ3n) is 4.75. The second-order valence-corrected chi connectivity index (χ2v) is 6.58. The maximum absolute atomic E-state index is 12.4. The highest BCUT2D eigenvalue weighted by Gasteiger charge is 2.20. The van der Waals surface area contributed by atoms with E-state index in [0.29, 0.717) is 13.1 Å². The molecule has 6 nitrogen and oxygen atoms in total. The second-order valence-electron chi connectivity index (χ2n) is 6.58. The number of nitrogens with one attached hydrogen (secondary N) is 1. The Kier molecular flexibility index (Phi) is 8.56. The van der Waals surface area contributed by atoms with E-state index in [-0.39, 0.29) is 42.4 Å². The SMILES string of the molecule is CCc1cccc(NC(N)=NCC(=O)N2CCN(c3ccccc3)CC2)c1.I. The van der Waals surface area contributed by atoms with Crippen molar-refractivity contribution in [2.45, 2.75) is 13.3 Å². The molecule has 1 heterocycles. The van der Waals surface area contributed by atoms with E-state index < -0.39 is 0 Å². The van der Waals surface area contributed by atoms with Crippen LogP contribution in [-0.2, 0) is 11.2 Å². The highest BCUT2D eigenvalue weighted by Crippen LogP contribution is 2.15. The molecule has 1 fully saturated rings. The van der Waals surface area contributed by atoms with Gasteiger partial charge < -0.3 is 20.9 Å². The minimum atomic E-state index is 0. The topological polar surface area (TPSA) is 74.0 Å². The van der Waals surface area contributed by atoms with Gasteiger partial charge in [-0.15, -0.1) is 24.0 Å². The number of para-hydroxylation sites is 1. The van der Waals surface area contributed by atoms with E-state index >= 15 is 0 Å². The van der Waals surface area contributed by atoms with Gasteiger partial charge in [0.05, 0.1) is 0 Å². The predicted octanol–water partition coefficient (Wildman–Crippen LogP) is 2.94. The number of carbonyl (C=O) groups excluding carboxylic acids is 1. The fraction of sp³-hybridized carbons (Fsp3) is 0.333. The number of nitrogens with two attached hydrogens (primary N) is 1. The largest absolute Gasteiger partial charge is 0.370 e. The van der Waals surface area contributed by atoms with Gasteiger partial charge in [0.2, 0.25) is 5.91 Å².